The van der Waals surface area contributed by atoms with Gasteiger partial charge in [0.1, 0.15) is 0 Å². The summed E-state index contributed by atoms with van der Waals surface area (Å²) in [6.45, 7) is 8.23. The number of rotatable bonds is 3. The van der Waals surface area contributed by atoms with Crippen molar-refractivity contribution in [3.05, 3.63) is 35.9 Å². The lowest BCUT2D eigenvalue weighted by Gasteiger charge is -2.49. The molecule has 1 aromatic rings. The van der Waals surface area contributed by atoms with Crippen molar-refractivity contribution >= 4 is 0 Å². The largest absolute Gasteiger partial charge is 0.311 e. The molecule has 3 rings (SSSR count). The van der Waals surface area contributed by atoms with E-state index in [1.807, 2.05) is 0 Å². The van der Waals surface area contributed by atoms with Gasteiger partial charge in [-0.05, 0) is 38.2 Å². The highest BCUT2D eigenvalue weighted by Crippen LogP contribution is 2.34. The maximum atomic E-state index is 3.68. The molecule has 2 atom stereocenters. The van der Waals surface area contributed by atoms with Crippen LogP contribution in [0.3, 0.4) is 0 Å². The van der Waals surface area contributed by atoms with Gasteiger partial charge in [0.05, 0.1) is 5.54 Å². The SMILES string of the molecule is CC1CN(CC2CCCC2)C(C)(c2ccccc2)CN1. The molecule has 110 valence electrons. The van der Waals surface area contributed by atoms with Gasteiger partial charge in [-0.1, -0.05) is 43.2 Å². The van der Waals surface area contributed by atoms with Crippen LogP contribution in [0.15, 0.2) is 30.3 Å². The van der Waals surface area contributed by atoms with Crippen molar-refractivity contribution in [1.29, 1.82) is 0 Å². The van der Waals surface area contributed by atoms with Gasteiger partial charge < -0.3 is 5.32 Å². The Morgan fingerprint density at radius 2 is 1.90 bits per heavy atom. The first-order chi connectivity index (χ1) is 9.68. The fourth-order valence-electron chi connectivity index (χ4n) is 3.94. The van der Waals surface area contributed by atoms with E-state index >= 15 is 0 Å². The third-order valence-corrected chi connectivity index (χ3v) is 5.34. The molecule has 1 N–H and O–H groups in total. The lowest BCUT2D eigenvalue weighted by Crippen LogP contribution is -2.61. The van der Waals surface area contributed by atoms with Gasteiger partial charge in [0.25, 0.3) is 0 Å². The van der Waals surface area contributed by atoms with Crippen LogP contribution in [0, 0.1) is 5.92 Å². The number of piperazine rings is 1. The van der Waals surface area contributed by atoms with Gasteiger partial charge in [0, 0.05) is 25.7 Å². The summed E-state index contributed by atoms with van der Waals surface area (Å²) < 4.78 is 0. The fourth-order valence-corrected chi connectivity index (χ4v) is 3.94. The molecule has 0 aromatic heterocycles. The lowest BCUT2D eigenvalue weighted by atomic mass is 9.86. The Kier molecular flexibility index (Phi) is 4.13. The Morgan fingerprint density at radius 1 is 1.20 bits per heavy atom. The summed E-state index contributed by atoms with van der Waals surface area (Å²) >= 11 is 0. The summed E-state index contributed by atoms with van der Waals surface area (Å²) in [5, 5.41) is 3.68. The molecule has 2 fully saturated rings. The van der Waals surface area contributed by atoms with Crippen molar-refractivity contribution in [2.75, 3.05) is 19.6 Å². The molecule has 1 saturated carbocycles. The van der Waals surface area contributed by atoms with Crippen molar-refractivity contribution in [2.45, 2.75) is 51.1 Å². The van der Waals surface area contributed by atoms with Crippen molar-refractivity contribution < 1.29 is 0 Å². The van der Waals surface area contributed by atoms with Crippen LogP contribution in [0.2, 0.25) is 0 Å². The topological polar surface area (TPSA) is 15.3 Å². The predicted octanol–water partition coefficient (Wildman–Crippen LogP) is 3.39. The quantitative estimate of drug-likeness (QED) is 0.907. The smallest absolute Gasteiger partial charge is 0.0558 e. The second-order valence-corrected chi connectivity index (χ2v) is 6.98. The van der Waals surface area contributed by atoms with E-state index in [4.69, 9.17) is 0 Å². The van der Waals surface area contributed by atoms with Gasteiger partial charge in [-0.2, -0.15) is 0 Å². The van der Waals surface area contributed by atoms with E-state index in [1.54, 1.807) is 0 Å². The third-order valence-electron chi connectivity index (χ3n) is 5.34. The molecule has 2 heteroatoms. The average Bonchev–Trinajstić information content (AvgIpc) is 2.97. The van der Waals surface area contributed by atoms with E-state index in [9.17, 15) is 0 Å². The van der Waals surface area contributed by atoms with Gasteiger partial charge in [-0.25, -0.2) is 0 Å². The summed E-state index contributed by atoms with van der Waals surface area (Å²) in [7, 11) is 0. The molecule has 1 aliphatic heterocycles. The Balaban J connectivity index is 1.81. The molecule has 1 aliphatic carbocycles. The first-order valence-corrected chi connectivity index (χ1v) is 8.22. The summed E-state index contributed by atoms with van der Waals surface area (Å²) in [5.74, 6) is 0.920. The summed E-state index contributed by atoms with van der Waals surface area (Å²) in [4.78, 5) is 2.75. The van der Waals surface area contributed by atoms with Crippen LogP contribution in [-0.4, -0.2) is 30.6 Å². The van der Waals surface area contributed by atoms with Gasteiger partial charge in [0.2, 0.25) is 0 Å². The number of nitrogens with one attached hydrogen (secondary N) is 1. The molecule has 0 bridgehead atoms. The van der Waals surface area contributed by atoms with Crippen molar-refractivity contribution in [1.82, 2.24) is 10.2 Å². The van der Waals surface area contributed by atoms with Crippen LogP contribution >= 0.6 is 0 Å². The van der Waals surface area contributed by atoms with E-state index in [0.29, 0.717) is 6.04 Å². The van der Waals surface area contributed by atoms with Crippen LogP contribution in [0.25, 0.3) is 0 Å². The molecule has 0 radical (unpaired) electrons. The summed E-state index contributed by atoms with van der Waals surface area (Å²) in [6.07, 6.45) is 5.75. The van der Waals surface area contributed by atoms with Crippen molar-refractivity contribution in [2.24, 2.45) is 5.92 Å². The minimum absolute atomic E-state index is 0.149. The Labute approximate surface area is 123 Å². The standard InChI is InChI=1S/C18H28N2/c1-15-12-20(13-16-8-6-7-9-16)18(2,14-19-15)17-10-4-3-5-11-17/h3-5,10-11,15-16,19H,6-9,12-14H2,1-2H3. The molecular formula is C18H28N2. The summed E-state index contributed by atoms with van der Waals surface area (Å²) in [5.41, 5.74) is 1.61. The second-order valence-electron chi connectivity index (χ2n) is 6.98. The first kappa shape index (κ1) is 14.1. The van der Waals surface area contributed by atoms with Crippen LogP contribution < -0.4 is 5.32 Å². The maximum Gasteiger partial charge on any atom is 0.0558 e. The third kappa shape index (κ3) is 2.77. The molecule has 2 nitrogen and oxygen atoms in total. The highest BCUT2D eigenvalue weighted by atomic mass is 15.3. The van der Waals surface area contributed by atoms with Crippen molar-refractivity contribution in [3.63, 3.8) is 0 Å². The number of benzene rings is 1. The molecule has 1 saturated heterocycles. The van der Waals surface area contributed by atoms with E-state index < -0.39 is 0 Å². The fraction of sp³-hybridized carbons (Fsp3) is 0.667. The van der Waals surface area contributed by atoms with E-state index in [-0.39, 0.29) is 5.54 Å². The van der Waals surface area contributed by atoms with E-state index in [1.165, 1.54) is 44.3 Å². The Morgan fingerprint density at radius 3 is 2.60 bits per heavy atom. The molecule has 2 unspecified atom stereocenters. The Bertz CT molecular complexity index is 424. The zero-order valence-electron chi connectivity index (χ0n) is 12.9. The molecule has 20 heavy (non-hydrogen) atoms. The molecule has 0 amide bonds. The molecular weight excluding hydrogens is 244 g/mol. The van der Waals surface area contributed by atoms with Gasteiger partial charge >= 0.3 is 0 Å². The molecule has 1 heterocycles. The average molecular weight is 272 g/mol. The zero-order chi connectivity index (χ0) is 14.0. The molecule has 1 aromatic carbocycles. The van der Waals surface area contributed by atoms with Gasteiger partial charge in [0.15, 0.2) is 0 Å². The van der Waals surface area contributed by atoms with E-state index in [2.05, 4.69) is 54.4 Å². The summed E-state index contributed by atoms with van der Waals surface area (Å²) in [6, 6.07) is 11.7. The number of hydrogen-bond acceptors (Lipinski definition) is 2. The number of hydrogen-bond donors (Lipinski definition) is 1. The van der Waals surface area contributed by atoms with Gasteiger partial charge in [-0.3, -0.25) is 4.90 Å². The lowest BCUT2D eigenvalue weighted by molar-refractivity contribution is 0.0391. The number of nitrogens with zero attached hydrogens (tertiary/aromatic N) is 1. The minimum Gasteiger partial charge on any atom is -0.311 e. The second kappa shape index (κ2) is 5.87. The first-order valence-electron chi connectivity index (χ1n) is 8.22. The molecule has 0 spiro atoms. The van der Waals surface area contributed by atoms with Crippen molar-refractivity contribution in [3.8, 4) is 0 Å². The highest BCUT2D eigenvalue weighted by molar-refractivity contribution is 5.25. The Hall–Kier alpha value is -0.860. The van der Waals surface area contributed by atoms with Crippen LogP contribution in [0.1, 0.15) is 45.1 Å². The van der Waals surface area contributed by atoms with Crippen LogP contribution in [0.4, 0.5) is 0 Å². The highest BCUT2D eigenvalue weighted by Gasteiger charge is 2.39. The minimum atomic E-state index is 0.149. The van der Waals surface area contributed by atoms with Crippen LogP contribution in [0.5, 0.6) is 0 Å². The molecule has 2 aliphatic rings. The monoisotopic (exact) mass is 272 g/mol. The predicted molar refractivity (Wildman–Crippen MR) is 84.8 cm³/mol. The maximum absolute atomic E-state index is 3.68. The van der Waals surface area contributed by atoms with Gasteiger partial charge in [-0.15, -0.1) is 0 Å². The zero-order valence-corrected chi connectivity index (χ0v) is 12.9. The van der Waals surface area contributed by atoms with Crippen LogP contribution in [-0.2, 0) is 5.54 Å². The van der Waals surface area contributed by atoms with E-state index in [0.717, 1.165) is 12.5 Å². The normalized spacial score (nSPS) is 32.6.